The third-order valence-corrected chi connectivity index (χ3v) is 4.81. The van der Waals surface area contributed by atoms with E-state index in [1.165, 1.54) is 0 Å². The van der Waals surface area contributed by atoms with Gasteiger partial charge in [-0.2, -0.15) is 0 Å². The van der Waals surface area contributed by atoms with Gasteiger partial charge in [0, 0.05) is 18.8 Å². The number of benzene rings is 1. The summed E-state index contributed by atoms with van der Waals surface area (Å²) in [5, 5.41) is 0. The molecule has 1 aromatic carbocycles. The van der Waals surface area contributed by atoms with Gasteiger partial charge in [-0.15, -0.1) is 0 Å². The molecule has 0 radical (unpaired) electrons. The minimum atomic E-state index is -3.25. The van der Waals surface area contributed by atoms with E-state index in [0.29, 0.717) is 25.3 Å². The van der Waals surface area contributed by atoms with Crippen molar-refractivity contribution in [1.82, 2.24) is 0 Å². The van der Waals surface area contributed by atoms with Gasteiger partial charge in [0.2, 0.25) is 10.0 Å². The first-order valence-electron chi connectivity index (χ1n) is 6.95. The van der Waals surface area contributed by atoms with E-state index in [0.717, 1.165) is 24.3 Å². The van der Waals surface area contributed by atoms with Gasteiger partial charge < -0.3 is 9.64 Å². The number of nitrogens with zero attached hydrogens (tertiary/aromatic N) is 1. The van der Waals surface area contributed by atoms with Crippen LogP contribution in [-0.2, 0) is 14.8 Å². The lowest BCUT2D eigenvalue weighted by Crippen LogP contribution is -2.36. The Morgan fingerprint density at radius 1 is 1.30 bits per heavy atom. The molecule has 2 rings (SSSR count). The van der Waals surface area contributed by atoms with Crippen LogP contribution >= 0.6 is 0 Å². The summed E-state index contributed by atoms with van der Waals surface area (Å²) < 4.78 is 31.8. The van der Waals surface area contributed by atoms with Gasteiger partial charge in [0.1, 0.15) is 0 Å². The van der Waals surface area contributed by atoms with Crippen LogP contribution < -0.4 is 9.62 Å². The van der Waals surface area contributed by atoms with E-state index < -0.39 is 10.0 Å². The molecule has 1 aliphatic rings. The van der Waals surface area contributed by atoms with Crippen molar-refractivity contribution in [3.8, 4) is 0 Å². The summed E-state index contributed by atoms with van der Waals surface area (Å²) in [6.45, 7) is 6.87. The summed E-state index contributed by atoms with van der Waals surface area (Å²) in [5.41, 5.74) is 2.64. The van der Waals surface area contributed by atoms with Gasteiger partial charge in [-0.05, 0) is 31.0 Å². The van der Waals surface area contributed by atoms with E-state index in [4.69, 9.17) is 4.74 Å². The molecule has 0 atom stereocenters. The molecule has 0 bridgehead atoms. The lowest BCUT2D eigenvalue weighted by atomic mass is 10.1. The highest BCUT2D eigenvalue weighted by molar-refractivity contribution is 7.92. The Labute approximate surface area is 121 Å². The number of sulfonamides is 1. The predicted molar refractivity (Wildman–Crippen MR) is 81.9 cm³/mol. The van der Waals surface area contributed by atoms with Gasteiger partial charge in [-0.3, -0.25) is 4.72 Å². The van der Waals surface area contributed by atoms with Crippen molar-refractivity contribution in [2.24, 2.45) is 0 Å². The Morgan fingerprint density at radius 2 is 2.00 bits per heavy atom. The molecule has 1 heterocycles. The Hall–Kier alpha value is -1.27. The van der Waals surface area contributed by atoms with Crippen LogP contribution in [0.4, 0.5) is 11.4 Å². The Morgan fingerprint density at radius 3 is 2.65 bits per heavy atom. The molecule has 0 unspecified atom stereocenters. The number of morpholine rings is 1. The van der Waals surface area contributed by atoms with E-state index in [1.54, 1.807) is 0 Å². The summed E-state index contributed by atoms with van der Waals surface area (Å²) in [4.78, 5) is 2.21. The maximum Gasteiger partial charge on any atom is 0.232 e. The zero-order chi connectivity index (χ0) is 14.6. The standard InChI is InChI=1S/C14H22N2O3S/c1-3-10-20(17,18)15-14-11-13(5-4-12(14)2)16-6-8-19-9-7-16/h4-5,11,15H,3,6-10H2,1-2H3. The highest BCUT2D eigenvalue weighted by atomic mass is 32.2. The predicted octanol–water partition coefficient (Wildman–Crippen LogP) is 1.98. The molecule has 5 nitrogen and oxygen atoms in total. The molecule has 112 valence electrons. The van der Waals surface area contributed by atoms with Crippen LogP contribution in [0.15, 0.2) is 18.2 Å². The molecule has 0 aromatic heterocycles. The van der Waals surface area contributed by atoms with Crippen molar-refractivity contribution in [1.29, 1.82) is 0 Å². The zero-order valence-corrected chi connectivity index (χ0v) is 12.9. The molecule has 1 saturated heterocycles. The molecule has 0 saturated carbocycles. The first-order valence-corrected chi connectivity index (χ1v) is 8.61. The number of rotatable bonds is 5. The number of nitrogens with one attached hydrogen (secondary N) is 1. The molecule has 0 aliphatic carbocycles. The Bertz CT molecular complexity index is 552. The largest absolute Gasteiger partial charge is 0.378 e. The van der Waals surface area contributed by atoms with Crippen molar-refractivity contribution < 1.29 is 13.2 Å². The second-order valence-electron chi connectivity index (χ2n) is 5.02. The maximum absolute atomic E-state index is 11.9. The van der Waals surface area contributed by atoms with Gasteiger partial charge in [-0.25, -0.2) is 8.42 Å². The third kappa shape index (κ3) is 3.86. The summed E-state index contributed by atoms with van der Waals surface area (Å²) in [6, 6.07) is 5.89. The van der Waals surface area contributed by atoms with Crippen molar-refractivity contribution in [3.63, 3.8) is 0 Å². The number of hydrogen-bond acceptors (Lipinski definition) is 4. The van der Waals surface area contributed by atoms with Crippen molar-refractivity contribution in [3.05, 3.63) is 23.8 Å². The molecule has 0 spiro atoms. The van der Waals surface area contributed by atoms with Crippen LogP contribution in [0.3, 0.4) is 0 Å². The zero-order valence-electron chi connectivity index (χ0n) is 12.1. The molecular formula is C14H22N2O3S. The molecule has 20 heavy (non-hydrogen) atoms. The second kappa shape index (κ2) is 6.45. The third-order valence-electron chi connectivity index (χ3n) is 3.34. The van der Waals surface area contributed by atoms with Crippen LogP contribution in [-0.4, -0.2) is 40.5 Å². The van der Waals surface area contributed by atoms with Crippen LogP contribution in [0.1, 0.15) is 18.9 Å². The topological polar surface area (TPSA) is 58.6 Å². The summed E-state index contributed by atoms with van der Waals surface area (Å²) in [6.07, 6.45) is 0.609. The molecule has 1 aromatic rings. The van der Waals surface area contributed by atoms with E-state index in [1.807, 2.05) is 32.0 Å². The van der Waals surface area contributed by atoms with Crippen molar-refractivity contribution in [2.45, 2.75) is 20.3 Å². The number of aryl methyl sites for hydroxylation is 1. The maximum atomic E-state index is 11.9. The van der Waals surface area contributed by atoms with Gasteiger partial charge in [-0.1, -0.05) is 13.0 Å². The van der Waals surface area contributed by atoms with Crippen LogP contribution in [0.5, 0.6) is 0 Å². The fraction of sp³-hybridized carbons (Fsp3) is 0.571. The minimum absolute atomic E-state index is 0.147. The normalized spacial score (nSPS) is 16.2. The highest BCUT2D eigenvalue weighted by Crippen LogP contribution is 2.25. The minimum Gasteiger partial charge on any atom is -0.378 e. The van der Waals surface area contributed by atoms with Crippen molar-refractivity contribution in [2.75, 3.05) is 41.7 Å². The quantitative estimate of drug-likeness (QED) is 0.903. The molecule has 6 heteroatoms. The number of hydrogen-bond donors (Lipinski definition) is 1. The van der Waals surface area contributed by atoms with Crippen LogP contribution in [0.25, 0.3) is 0 Å². The van der Waals surface area contributed by atoms with Gasteiger partial charge in [0.05, 0.1) is 24.7 Å². The lowest BCUT2D eigenvalue weighted by Gasteiger charge is -2.29. The molecule has 1 aliphatic heterocycles. The van der Waals surface area contributed by atoms with E-state index in [9.17, 15) is 8.42 Å². The second-order valence-corrected chi connectivity index (χ2v) is 6.86. The number of ether oxygens (including phenoxy) is 1. The van der Waals surface area contributed by atoms with E-state index in [-0.39, 0.29) is 5.75 Å². The lowest BCUT2D eigenvalue weighted by molar-refractivity contribution is 0.122. The Balaban J connectivity index is 2.20. The Kier molecular flexibility index (Phi) is 4.88. The molecule has 1 fully saturated rings. The van der Waals surface area contributed by atoms with Crippen LogP contribution in [0, 0.1) is 6.92 Å². The molecular weight excluding hydrogens is 276 g/mol. The average molecular weight is 298 g/mol. The number of anilines is 2. The fourth-order valence-electron chi connectivity index (χ4n) is 2.23. The first-order chi connectivity index (χ1) is 9.52. The smallest absolute Gasteiger partial charge is 0.232 e. The average Bonchev–Trinajstić information content (AvgIpc) is 2.42. The van der Waals surface area contributed by atoms with E-state index in [2.05, 4.69) is 9.62 Å². The van der Waals surface area contributed by atoms with Gasteiger partial charge in [0.25, 0.3) is 0 Å². The van der Waals surface area contributed by atoms with Gasteiger partial charge >= 0.3 is 0 Å². The fourth-order valence-corrected chi connectivity index (χ4v) is 3.42. The van der Waals surface area contributed by atoms with E-state index >= 15 is 0 Å². The SMILES string of the molecule is CCCS(=O)(=O)Nc1cc(N2CCOCC2)ccc1C. The summed E-state index contributed by atoms with van der Waals surface area (Å²) >= 11 is 0. The monoisotopic (exact) mass is 298 g/mol. The summed E-state index contributed by atoms with van der Waals surface area (Å²) in [7, 11) is -3.25. The van der Waals surface area contributed by atoms with Gasteiger partial charge in [0.15, 0.2) is 0 Å². The summed E-state index contributed by atoms with van der Waals surface area (Å²) in [5.74, 6) is 0.147. The van der Waals surface area contributed by atoms with Crippen LogP contribution in [0.2, 0.25) is 0 Å². The first kappa shape index (κ1) is 15.1. The van der Waals surface area contributed by atoms with Crippen molar-refractivity contribution >= 4 is 21.4 Å². The molecule has 1 N–H and O–H groups in total. The highest BCUT2D eigenvalue weighted by Gasteiger charge is 2.15. The molecule has 0 amide bonds.